The highest BCUT2D eigenvalue weighted by Gasteiger charge is 2.12. The summed E-state index contributed by atoms with van der Waals surface area (Å²) in [6.45, 7) is 2.21. The molecule has 0 atom stereocenters. The fourth-order valence-electron chi connectivity index (χ4n) is 2.34. The van der Waals surface area contributed by atoms with E-state index >= 15 is 0 Å². The Morgan fingerprint density at radius 2 is 1.92 bits per heavy atom. The van der Waals surface area contributed by atoms with Crippen LogP contribution in [0.5, 0.6) is 0 Å². The molecule has 1 N–H and O–H groups in total. The monoisotopic (exact) mass is 337 g/mol. The number of hydrogen-bond donors (Lipinski definition) is 1. The van der Waals surface area contributed by atoms with Crippen molar-refractivity contribution in [3.05, 3.63) is 82.6 Å². The maximum absolute atomic E-state index is 12.3. The van der Waals surface area contributed by atoms with Crippen molar-refractivity contribution in [3.8, 4) is 11.4 Å². The smallest absolute Gasteiger partial charge is 0.254 e. The Balaban J connectivity index is 1.73. The second-order valence-electron chi connectivity index (χ2n) is 5.37. The normalized spacial score (nSPS) is 10.4. The molecule has 120 valence electrons. The molecular formula is C19H16ClN3O. The van der Waals surface area contributed by atoms with Gasteiger partial charge < -0.3 is 5.32 Å². The van der Waals surface area contributed by atoms with E-state index in [2.05, 4.69) is 15.3 Å². The van der Waals surface area contributed by atoms with Crippen molar-refractivity contribution in [2.45, 2.75) is 13.5 Å². The summed E-state index contributed by atoms with van der Waals surface area (Å²) in [4.78, 5) is 21.1. The van der Waals surface area contributed by atoms with E-state index in [9.17, 15) is 4.79 Å². The largest absolute Gasteiger partial charge is 0.348 e. The van der Waals surface area contributed by atoms with Crippen molar-refractivity contribution in [2.24, 2.45) is 0 Å². The van der Waals surface area contributed by atoms with Crippen LogP contribution in [0.3, 0.4) is 0 Å². The first-order valence-electron chi connectivity index (χ1n) is 7.55. The Hall–Kier alpha value is -2.72. The first kappa shape index (κ1) is 16.1. The SMILES string of the molecule is Cc1nc(-c2ccccc2)ncc1C(=O)NCc1cccc(Cl)c1. The van der Waals surface area contributed by atoms with Gasteiger partial charge in [0.15, 0.2) is 5.82 Å². The lowest BCUT2D eigenvalue weighted by molar-refractivity contribution is 0.0949. The topological polar surface area (TPSA) is 54.9 Å². The number of rotatable bonds is 4. The molecule has 0 saturated heterocycles. The fourth-order valence-corrected chi connectivity index (χ4v) is 2.55. The van der Waals surface area contributed by atoms with E-state index in [1.165, 1.54) is 0 Å². The van der Waals surface area contributed by atoms with Crippen molar-refractivity contribution in [1.82, 2.24) is 15.3 Å². The van der Waals surface area contributed by atoms with E-state index in [4.69, 9.17) is 11.6 Å². The summed E-state index contributed by atoms with van der Waals surface area (Å²) in [6, 6.07) is 17.1. The van der Waals surface area contributed by atoms with E-state index in [0.29, 0.717) is 28.6 Å². The van der Waals surface area contributed by atoms with Crippen molar-refractivity contribution in [1.29, 1.82) is 0 Å². The van der Waals surface area contributed by atoms with Crippen LogP contribution in [0.15, 0.2) is 60.8 Å². The highest BCUT2D eigenvalue weighted by molar-refractivity contribution is 6.30. The molecule has 0 fully saturated rings. The third-order valence-electron chi connectivity index (χ3n) is 3.60. The van der Waals surface area contributed by atoms with Gasteiger partial charge in [0.25, 0.3) is 5.91 Å². The van der Waals surface area contributed by atoms with Crippen molar-refractivity contribution in [2.75, 3.05) is 0 Å². The number of nitrogens with zero attached hydrogens (tertiary/aromatic N) is 2. The minimum atomic E-state index is -0.202. The standard InChI is InChI=1S/C19H16ClN3O/c1-13-17(12-21-18(23-13)15-7-3-2-4-8-15)19(24)22-11-14-6-5-9-16(20)10-14/h2-10,12H,11H2,1H3,(H,22,24). The molecule has 5 heteroatoms. The molecule has 0 aliphatic rings. The molecule has 1 amide bonds. The first-order valence-corrected chi connectivity index (χ1v) is 7.93. The van der Waals surface area contributed by atoms with Gasteiger partial charge in [0.2, 0.25) is 0 Å². The molecule has 0 saturated carbocycles. The van der Waals surface area contributed by atoms with Crippen molar-refractivity contribution < 1.29 is 4.79 Å². The zero-order valence-corrected chi connectivity index (χ0v) is 13.9. The maximum atomic E-state index is 12.3. The van der Waals surface area contributed by atoms with Gasteiger partial charge >= 0.3 is 0 Å². The molecule has 3 aromatic rings. The highest BCUT2D eigenvalue weighted by atomic mass is 35.5. The Labute approximate surface area is 145 Å². The zero-order chi connectivity index (χ0) is 16.9. The maximum Gasteiger partial charge on any atom is 0.254 e. The van der Waals surface area contributed by atoms with Crippen LogP contribution in [-0.2, 0) is 6.54 Å². The van der Waals surface area contributed by atoms with E-state index in [-0.39, 0.29) is 5.91 Å². The number of nitrogens with one attached hydrogen (secondary N) is 1. The number of benzene rings is 2. The van der Waals surface area contributed by atoms with Gasteiger partial charge in [-0.05, 0) is 24.6 Å². The van der Waals surface area contributed by atoms with Gasteiger partial charge in [0.1, 0.15) is 0 Å². The first-order chi connectivity index (χ1) is 11.6. The zero-order valence-electron chi connectivity index (χ0n) is 13.2. The van der Waals surface area contributed by atoms with Gasteiger partial charge in [0.05, 0.1) is 11.3 Å². The summed E-state index contributed by atoms with van der Waals surface area (Å²) in [7, 11) is 0. The summed E-state index contributed by atoms with van der Waals surface area (Å²) >= 11 is 5.95. The van der Waals surface area contributed by atoms with Crippen LogP contribution in [-0.4, -0.2) is 15.9 Å². The summed E-state index contributed by atoms with van der Waals surface area (Å²) in [5.41, 5.74) is 2.98. The molecule has 0 aliphatic carbocycles. The Bertz CT molecular complexity index is 865. The fraction of sp³-hybridized carbons (Fsp3) is 0.105. The molecule has 2 aromatic carbocycles. The molecule has 24 heavy (non-hydrogen) atoms. The van der Waals surface area contributed by atoms with Gasteiger partial charge in [-0.15, -0.1) is 0 Å². The molecule has 4 nitrogen and oxygen atoms in total. The lowest BCUT2D eigenvalue weighted by atomic mass is 10.1. The van der Waals surface area contributed by atoms with Crippen molar-refractivity contribution in [3.63, 3.8) is 0 Å². The van der Waals surface area contributed by atoms with Crippen LogP contribution in [0.1, 0.15) is 21.6 Å². The Morgan fingerprint density at radius 1 is 1.12 bits per heavy atom. The summed E-state index contributed by atoms with van der Waals surface area (Å²) < 4.78 is 0. The summed E-state index contributed by atoms with van der Waals surface area (Å²) in [5, 5.41) is 3.51. The quantitative estimate of drug-likeness (QED) is 0.781. The van der Waals surface area contributed by atoms with Gasteiger partial charge in [-0.3, -0.25) is 4.79 Å². The number of aryl methyl sites for hydroxylation is 1. The van der Waals surface area contributed by atoms with E-state index in [1.54, 1.807) is 12.3 Å². The van der Waals surface area contributed by atoms with Crippen molar-refractivity contribution >= 4 is 17.5 Å². The van der Waals surface area contributed by atoms with E-state index in [1.807, 2.05) is 55.5 Å². The third-order valence-corrected chi connectivity index (χ3v) is 3.83. The molecule has 1 aromatic heterocycles. The highest BCUT2D eigenvalue weighted by Crippen LogP contribution is 2.16. The number of amides is 1. The molecule has 0 aliphatic heterocycles. The molecule has 0 bridgehead atoms. The van der Waals surface area contributed by atoms with Crippen LogP contribution < -0.4 is 5.32 Å². The summed E-state index contributed by atoms with van der Waals surface area (Å²) in [6.07, 6.45) is 1.57. The van der Waals surface area contributed by atoms with Crippen LogP contribution in [0.2, 0.25) is 5.02 Å². The predicted molar refractivity (Wildman–Crippen MR) is 94.8 cm³/mol. The minimum Gasteiger partial charge on any atom is -0.348 e. The molecule has 1 heterocycles. The summed E-state index contributed by atoms with van der Waals surface area (Å²) in [5.74, 6) is 0.409. The molecular weight excluding hydrogens is 322 g/mol. The van der Waals surface area contributed by atoms with E-state index < -0.39 is 0 Å². The Morgan fingerprint density at radius 3 is 2.62 bits per heavy atom. The number of halogens is 1. The number of hydrogen-bond acceptors (Lipinski definition) is 3. The van der Waals surface area contributed by atoms with Gasteiger partial charge in [0, 0.05) is 23.3 Å². The molecule has 0 radical (unpaired) electrons. The number of carbonyl (C=O) groups is 1. The van der Waals surface area contributed by atoms with Gasteiger partial charge in [-0.2, -0.15) is 0 Å². The lowest BCUT2D eigenvalue weighted by Crippen LogP contribution is -2.24. The number of carbonyl (C=O) groups excluding carboxylic acids is 1. The second-order valence-corrected chi connectivity index (χ2v) is 5.81. The van der Waals surface area contributed by atoms with E-state index in [0.717, 1.165) is 11.1 Å². The Kier molecular flexibility index (Phi) is 4.87. The predicted octanol–water partition coefficient (Wildman–Crippen LogP) is 4.04. The van der Waals surface area contributed by atoms with Crippen LogP contribution in [0.25, 0.3) is 11.4 Å². The van der Waals surface area contributed by atoms with Crippen LogP contribution in [0, 0.1) is 6.92 Å². The average Bonchev–Trinajstić information content (AvgIpc) is 2.60. The number of aromatic nitrogens is 2. The molecule has 0 unspecified atom stereocenters. The molecule has 0 spiro atoms. The average molecular weight is 338 g/mol. The van der Waals surface area contributed by atoms with Gasteiger partial charge in [-0.25, -0.2) is 9.97 Å². The third kappa shape index (κ3) is 3.78. The molecule has 3 rings (SSSR count). The minimum absolute atomic E-state index is 0.202. The second kappa shape index (κ2) is 7.23. The van der Waals surface area contributed by atoms with Gasteiger partial charge in [-0.1, -0.05) is 54.1 Å². The van der Waals surface area contributed by atoms with Crippen LogP contribution >= 0.6 is 11.6 Å². The van der Waals surface area contributed by atoms with Crippen LogP contribution in [0.4, 0.5) is 0 Å². The lowest BCUT2D eigenvalue weighted by Gasteiger charge is -2.09.